The summed E-state index contributed by atoms with van der Waals surface area (Å²) in [6.45, 7) is 2.78. The van der Waals surface area contributed by atoms with Crippen LogP contribution in [0.5, 0.6) is 5.75 Å². The van der Waals surface area contributed by atoms with E-state index in [1.54, 1.807) is 38.1 Å². The number of benzene rings is 2. The van der Waals surface area contributed by atoms with E-state index in [4.69, 9.17) is 9.47 Å². The number of nitro groups is 1. The van der Waals surface area contributed by atoms with E-state index in [2.05, 4.69) is 10.6 Å². The summed E-state index contributed by atoms with van der Waals surface area (Å²) >= 11 is 0. The summed E-state index contributed by atoms with van der Waals surface area (Å²) in [7, 11) is 0. The van der Waals surface area contributed by atoms with Crippen LogP contribution in [0, 0.1) is 17.0 Å². The van der Waals surface area contributed by atoms with Crippen LogP contribution in [0.3, 0.4) is 0 Å². The van der Waals surface area contributed by atoms with Gasteiger partial charge in [0.1, 0.15) is 12.3 Å². The molecule has 0 fully saturated rings. The second kappa shape index (κ2) is 10.6. The van der Waals surface area contributed by atoms with Gasteiger partial charge in [0.05, 0.1) is 17.1 Å². The van der Waals surface area contributed by atoms with Gasteiger partial charge < -0.3 is 20.1 Å². The number of rotatable bonds is 9. The summed E-state index contributed by atoms with van der Waals surface area (Å²) in [5.74, 6) is -1.54. The lowest BCUT2D eigenvalue weighted by molar-refractivity contribution is -0.384. The molecule has 2 aromatic rings. The molecule has 0 saturated carbocycles. The number of carbonyl (C=O) groups excluding carboxylic acids is 3. The van der Waals surface area contributed by atoms with E-state index in [9.17, 15) is 24.5 Å². The van der Waals surface area contributed by atoms with Crippen molar-refractivity contribution in [3.05, 3.63) is 63.7 Å². The van der Waals surface area contributed by atoms with Crippen molar-refractivity contribution in [3.63, 3.8) is 0 Å². The van der Waals surface area contributed by atoms with Crippen LogP contribution in [0.2, 0.25) is 0 Å². The molecule has 0 radical (unpaired) electrons. The molecule has 0 saturated heterocycles. The maximum absolute atomic E-state index is 12.2. The Morgan fingerprint density at radius 1 is 1.13 bits per heavy atom. The number of para-hydroxylation sites is 1. The van der Waals surface area contributed by atoms with Crippen molar-refractivity contribution in [2.24, 2.45) is 0 Å². The van der Waals surface area contributed by atoms with Crippen LogP contribution in [0.25, 0.3) is 0 Å². The zero-order valence-electron chi connectivity index (χ0n) is 16.5. The number of ether oxygens (including phenoxy) is 2. The van der Waals surface area contributed by atoms with E-state index in [1.165, 1.54) is 18.2 Å². The van der Waals surface area contributed by atoms with Gasteiger partial charge in [0.25, 0.3) is 17.5 Å². The number of nitro benzene ring substituents is 1. The highest BCUT2D eigenvalue weighted by atomic mass is 16.6. The van der Waals surface area contributed by atoms with Crippen molar-refractivity contribution in [1.29, 1.82) is 0 Å². The Morgan fingerprint density at radius 2 is 1.87 bits per heavy atom. The number of non-ortho nitro benzene ring substituents is 1. The molecular weight excluding hydrogens is 394 g/mol. The maximum Gasteiger partial charge on any atom is 0.325 e. The Kier molecular flexibility index (Phi) is 7.86. The third-order valence-corrected chi connectivity index (χ3v) is 3.88. The molecule has 2 N–H and O–H groups in total. The Bertz CT molecular complexity index is 959. The summed E-state index contributed by atoms with van der Waals surface area (Å²) in [5.41, 5.74) is 1.03. The average Bonchev–Trinajstić information content (AvgIpc) is 2.72. The van der Waals surface area contributed by atoms with Crippen molar-refractivity contribution < 1.29 is 28.8 Å². The van der Waals surface area contributed by atoms with Crippen molar-refractivity contribution in [2.75, 3.05) is 25.1 Å². The van der Waals surface area contributed by atoms with E-state index in [0.29, 0.717) is 23.6 Å². The molecule has 2 amide bonds. The normalized spacial score (nSPS) is 10.1. The number of aryl methyl sites for hydroxylation is 1. The van der Waals surface area contributed by atoms with Crippen LogP contribution >= 0.6 is 0 Å². The number of hydrogen-bond donors (Lipinski definition) is 2. The molecule has 0 aliphatic rings. The van der Waals surface area contributed by atoms with Gasteiger partial charge in [-0.15, -0.1) is 0 Å². The number of hydrogen-bond acceptors (Lipinski definition) is 7. The predicted octanol–water partition coefficient (Wildman–Crippen LogP) is 2.21. The minimum Gasteiger partial charge on any atom is -0.493 e. The van der Waals surface area contributed by atoms with Gasteiger partial charge in [-0.3, -0.25) is 24.5 Å². The second-order valence-electron chi connectivity index (χ2n) is 6.08. The zero-order chi connectivity index (χ0) is 22.1. The Labute approximate surface area is 172 Å². The Morgan fingerprint density at radius 3 is 2.53 bits per heavy atom. The van der Waals surface area contributed by atoms with Gasteiger partial charge in [0.15, 0.2) is 6.61 Å². The topological polar surface area (TPSA) is 137 Å². The number of esters is 1. The van der Waals surface area contributed by atoms with Crippen molar-refractivity contribution in [2.45, 2.75) is 13.8 Å². The molecule has 30 heavy (non-hydrogen) atoms. The molecule has 0 aromatic heterocycles. The maximum atomic E-state index is 12.2. The first kappa shape index (κ1) is 22.3. The van der Waals surface area contributed by atoms with Gasteiger partial charge in [-0.2, -0.15) is 0 Å². The van der Waals surface area contributed by atoms with Crippen LogP contribution in [0.15, 0.2) is 42.5 Å². The molecule has 0 spiro atoms. The first-order valence-electron chi connectivity index (χ1n) is 9.02. The smallest absolute Gasteiger partial charge is 0.325 e. The second-order valence-corrected chi connectivity index (χ2v) is 6.08. The number of carbonyl (C=O) groups is 3. The first-order valence-corrected chi connectivity index (χ1v) is 9.02. The minimum atomic E-state index is -0.798. The molecular formula is C20H21N3O7. The number of anilines is 1. The quantitative estimate of drug-likeness (QED) is 0.364. The largest absolute Gasteiger partial charge is 0.493 e. The van der Waals surface area contributed by atoms with E-state index >= 15 is 0 Å². The van der Waals surface area contributed by atoms with E-state index in [1.807, 2.05) is 0 Å². The zero-order valence-corrected chi connectivity index (χ0v) is 16.5. The third-order valence-electron chi connectivity index (χ3n) is 3.88. The van der Waals surface area contributed by atoms with Gasteiger partial charge in [-0.1, -0.05) is 12.1 Å². The van der Waals surface area contributed by atoms with Crippen LogP contribution in [0.1, 0.15) is 22.8 Å². The average molecular weight is 415 g/mol. The van der Waals surface area contributed by atoms with Crippen molar-refractivity contribution in [3.8, 4) is 5.75 Å². The van der Waals surface area contributed by atoms with E-state index in [0.717, 1.165) is 0 Å². The highest BCUT2D eigenvalue weighted by Crippen LogP contribution is 2.21. The summed E-state index contributed by atoms with van der Waals surface area (Å²) in [6.07, 6.45) is 0. The van der Waals surface area contributed by atoms with E-state index < -0.39 is 35.9 Å². The Hall–Kier alpha value is -3.95. The lowest BCUT2D eigenvalue weighted by Gasteiger charge is -2.11. The fraction of sp³-hybridized carbons (Fsp3) is 0.250. The minimum absolute atomic E-state index is 0.0985. The molecule has 0 heterocycles. The molecule has 0 atom stereocenters. The SMILES string of the molecule is CCOc1ccccc1C(=O)NCC(=O)OCC(=O)Nc1ccc([N+](=O)[O-])cc1C. The first-order chi connectivity index (χ1) is 14.3. The molecule has 0 aliphatic carbocycles. The Balaban J connectivity index is 1.81. The molecule has 2 rings (SSSR count). The van der Waals surface area contributed by atoms with Gasteiger partial charge in [0.2, 0.25) is 0 Å². The van der Waals surface area contributed by atoms with Crippen LogP contribution in [-0.4, -0.2) is 42.5 Å². The number of amides is 2. The lowest BCUT2D eigenvalue weighted by atomic mass is 10.2. The molecule has 10 nitrogen and oxygen atoms in total. The van der Waals surface area contributed by atoms with Crippen molar-refractivity contribution >= 4 is 29.2 Å². The molecule has 0 bridgehead atoms. The fourth-order valence-electron chi connectivity index (χ4n) is 2.47. The summed E-state index contributed by atoms with van der Waals surface area (Å²) in [4.78, 5) is 46.2. The number of nitrogens with zero attached hydrogens (tertiary/aromatic N) is 1. The highest BCUT2D eigenvalue weighted by molar-refractivity contribution is 5.98. The number of nitrogens with one attached hydrogen (secondary N) is 2. The molecule has 10 heteroatoms. The van der Waals surface area contributed by atoms with Gasteiger partial charge in [-0.05, 0) is 37.6 Å². The highest BCUT2D eigenvalue weighted by Gasteiger charge is 2.15. The summed E-state index contributed by atoms with van der Waals surface area (Å²) < 4.78 is 10.2. The van der Waals surface area contributed by atoms with E-state index in [-0.39, 0.29) is 11.3 Å². The lowest BCUT2D eigenvalue weighted by Crippen LogP contribution is -2.32. The summed E-state index contributed by atoms with van der Waals surface area (Å²) in [6, 6.07) is 10.6. The van der Waals surface area contributed by atoms with Gasteiger partial charge in [0, 0.05) is 17.8 Å². The standard InChI is InChI=1S/C20H21N3O7/c1-3-29-17-7-5-4-6-15(17)20(26)21-11-19(25)30-12-18(24)22-16-9-8-14(23(27)28)10-13(16)2/h4-10H,3,11-12H2,1-2H3,(H,21,26)(H,22,24). The molecule has 158 valence electrons. The monoisotopic (exact) mass is 415 g/mol. The molecule has 2 aromatic carbocycles. The molecule has 0 unspecified atom stereocenters. The van der Waals surface area contributed by atoms with Crippen LogP contribution < -0.4 is 15.4 Å². The summed E-state index contributed by atoms with van der Waals surface area (Å²) in [5, 5.41) is 15.6. The third kappa shape index (κ3) is 6.30. The van der Waals surface area contributed by atoms with Crippen molar-refractivity contribution in [1.82, 2.24) is 5.32 Å². The van der Waals surface area contributed by atoms with Crippen LogP contribution in [0.4, 0.5) is 11.4 Å². The predicted molar refractivity (Wildman–Crippen MR) is 107 cm³/mol. The van der Waals surface area contributed by atoms with Gasteiger partial charge >= 0.3 is 5.97 Å². The molecule has 0 aliphatic heterocycles. The van der Waals surface area contributed by atoms with Gasteiger partial charge in [-0.25, -0.2) is 0 Å². The fourth-order valence-corrected chi connectivity index (χ4v) is 2.47. The van der Waals surface area contributed by atoms with Crippen LogP contribution in [-0.2, 0) is 14.3 Å².